The Kier molecular flexibility index (Phi) is 3.97. The van der Waals surface area contributed by atoms with Crippen molar-refractivity contribution in [2.24, 2.45) is 5.92 Å². The summed E-state index contributed by atoms with van der Waals surface area (Å²) in [6.45, 7) is 8.88. The number of aryl methyl sites for hydroxylation is 1. The van der Waals surface area contributed by atoms with Crippen LogP contribution in [0, 0.1) is 12.8 Å². The molecular weight excluding hydrogens is 246 g/mol. The molecule has 2 aliphatic rings. The molecule has 0 unspecified atom stereocenters. The molecule has 110 valence electrons. The van der Waals surface area contributed by atoms with Crippen molar-refractivity contribution in [1.82, 2.24) is 10.3 Å². The molecule has 3 rings (SSSR count). The SMILES string of the molecule is Cc1cc(CNC2CC2)cnc1N(CC(C)C)C1CC1. The van der Waals surface area contributed by atoms with Crippen LogP contribution >= 0.6 is 0 Å². The van der Waals surface area contributed by atoms with Crippen molar-refractivity contribution in [2.75, 3.05) is 11.4 Å². The molecule has 2 fully saturated rings. The number of hydrogen-bond acceptors (Lipinski definition) is 3. The van der Waals surface area contributed by atoms with E-state index in [0.29, 0.717) is 5.92 Å². The lowest BCUT2D eigenvalue weighted by Crippen LogP contribution is -2.31. The molecule has 3 heteroatoms. The van der Waals surface area contributed by atoms with E-state index in [-0.39, 0.29) is 0 Å². The summed E-state index contributed by atoms with van der Waals surface area (Å²) in [5, 5.41) is 3.56. The third-order valence-corrected chi connectivity index (χ3v) is 4.10. The van der Waals surface area contributed by atoms with E-state index >= 15 is 0 Å². The molecule has 0 aliphatic heterocycles. The molecule has 0 spiro atoms. The third-order valence-electron chi connectivity index (χ3n) is 4.10. The van der Waals surface area contributed by atoms with Gasteiger partial charge in [-0.2, -0.15) is 0 Å². The first-order valence-corrected chi connectivity index (χ1v) is 8.09. The van der Waals surface area contributed by atoms with Gasteiger partial charge in [0.1, 0.15) is 5.82 Å². The summed E-state index contributed by atoms with van der Waals surface area (Å²) in [5.41, 5.74) is 2.64. The van der Waals surface area contributed by atoms with Crippen LogP contribution in [0.15, 0.2) is 12.3 Å². The van der Waals surface area contributed by atoms with Crippen molar-refractivity contribution >= 4 is 5.82 Å². The minimum atomic E-state index is 0.688. The lowest BCUT2D eigenvalue weighted by Gasteiger charge is -2.27. The van der Waals surface area contributed by atoms with Gasteiger partial charge in [0.2, 0.25) is 0 Å². The summed E-state index contributed by atoms with van der Waals surface area (Å²) in [7, 11) is 0. The van der Waals surface area contributed by atoms with Crippen LogP contribution < -0.4 is 10.2 Å². The molecule has 0 radical (unpaired) electrons. The summed E-state index contributed by atoms with van der Waals surface area (Å²) in [5.74, 6) is 1.89. The number of anilines is 1. The highest BCUT2D eigenvalue weighted by Gasteiger charge is 2.31. The molecule has 1 aromatic heterocycles. The van der Waals surface area contributed by atoms with E-state index in [2.05, 4.69) is 43.3 Å². The van der Waals surface area contributed by atoms with Gasteiger partial charge in [-0.05, 0) is 55.7 Å². The Morgan fingerprint density at radius 3 is 2.60 bits per heavy atom. The van der Waals surface area contributed by atoms with Crippen molar-refractivity contribution in [3.63, 3.8) is 0 Å². The largest absolute Gasteiger partial charge is 0.353 e. The highest BCUT2D eigenvalue weighted by Crippen LogP contribution is 2.33. The zero-order valence-corrected chi connectivity index (χ0v) is 13.0. The number of rotatable bonds is 7. The first kappa shape index (κ1) is 13.9. The van der Waals surface area contributed by atoms with Crippen molar-refractivity contribution in [3.8, 4) is 0 Å². The van der Waals surface area contributed by atoms with Crippen LogP contribution in [-0.4, -0.2) is 23.6 Å². The number of aromatic nitrogens is 1. The van der Waals surface area contributed by atoms with Crippen molar-refractivity contribution in [3.05, 3.63) is 23.4 Å². The van der Waals surface area contributed by atoms with Gasteiger partial charge >= 0.3 is 0 Å². The van der Waals surface area contributed by atoms with Crippen LogP contribution in [0.3, 0.4) is 0 Å². The maximum atomic E-state index is 4.78. The summed E-state index contributed by atoms with van der Waals surface area (Å²) in [6.07, 6.45) is 7.41. The molecule has 0 atom stereocenters. The van der Waals surface area contributed by atoms with Gasteiger partial charge in [0, 0.05) is 31.4 Å². The summed E-state index contributed by atoms with van der Waals surface area (Å²) < 4.78 is 0. The standard InChI is InChI=1S/C17H27N3/c1-12(2)11-20(16-6-7-16)17-13(3)8-14(10-19-17)9-18-15-4-5-15/h8,10,12,15-16,18H,4-7,9,11H2,1-3H3. The fourth-order valence-corrected chi connectivity index (χ4v) is 2.76. The number of hydrogen-bond donors (Lipinski definition) is 1. The second kappa shape index (κ2) is 5.72. The Labute approximate surface area is 122 Å². The molecule has 0 saturated heterocycles. The maximum absolute atomic E-state index is 4.78. The van der Waals surface area contributed by atoms with Gasteiger partial charge in [0.15, 0.2) is 0 Å². The molecule has 0 bridgehead atoms. The smallest absolute Gasteiger partial charge is 0.131 e. The first-order valence-electron chi connectivity index (χ1n) is 8.09. The Morgan fingerprint density at radius 2 is 2.05 bits per heavy atom. The zero-order chi connectivity index (χ0) is 14.1. The van der Waals surface area contributed by atoms with Gasteiger partial charge in [-0.3, -0.25) is 0 Å². The normalized spacial score (nSPS) is 18.6. The third kappa shape index (κ3) is 3.51. The molecule has 1 heterocycles. The lowest BCUT2D eigenvalue weighted by atomic mass is 10.1. The Bertz CT molecular complexity index is 461. The molecule has 3 nitrogen and oxygen atoms in total. The van der Waals surface area contributed by atoms with Crippen LogP contribution in [0.2, 0.25) is 0 Å². The van der Waals surface area contributed by atoms with E-state index in [9.17, 15) is 0 Å². The predicted molar refractivity (Wildman–Crippen MR) is 84.0 cm³/mol. The molecular formula is C17H27N3. The molecule has 1 N–H and O–H groups in total. The number of nitrogens with zero attached hydrogens (tertiary/aromatic N) is 2. The van der Waals surface area contributed by atoms with Gasteiger partial charge in [-0.25, -0.2) is 4.98 Å². The van der Waals surface area contributed by atoms with Gasteiger partial charge in [-0.15, -0.1) is 0 Å². The highest BCUT2D eigenvalue weighted by atomic mass is 15.2. The van der Waals surface area contributed by atoms with Crippen LogP contribution in [0.5, 0.6) is 0 Å². The van der Waals surface area contributed by atoms with E-state index < -0.39 is 0 Å². The summed E-state index contributed by atoms with van der Waals surface area (Å²) >= 11 is 0. The van der Waals surface area contributed by atoms with Crippen molar-refractivity contribution in [2.45, 2.75) is 65.1 Å². The topological polar surface area (TPSA) is 28.2 Å². The van der Waals surface area contributed by atoms with Gasteiger partial charge < -0.3 is 10.2 Å². The predicted octanol–water partition coefficient (Wildman–Crippen LogP) is 3.27. The number of nitrogens with one attached hydrogen (secondary N) is 1. The minimum Gasteiger partial charge on any atom is -0.353 e. The van der Waals surface area contributed by atoms with Gasteiger partial charge in [-0.1, -0.05) is 13.8 Å². The maximum Gasteiger partial charge on any atom is 0.131 e. The Hall–Kier alpha value is -1.09. The Morgan fingerprint density at radius 1 is 1.30 bits per heavy atom. The van der Waals surface area contributed by atoms with E-state index in [1.165, 1.54) is 42.6 Å². The number of pyridine rings is 1. The molecule has 0 amide bonds. The Balaban J connectivity index is 1.70. The second-order valence-electron chi connectivity index (χ2n) is 6.92. The zero-order valence-electron chi connectivity index (χ0n) is 13.0. The molecule has 0 aromatic carbocycles. The average molecular weight is 273 g/mol. The molecule has 20 heavy (non-hydrogen) atoms. The lowest BCUT2D eigenvalue weighted by molar-refractivity contribution is 0.601. The van der Waals surface area contributed by atoms with E-state index in [0.717, 1.165) is 25.2 Å². The monoisotopic (exact) mass is 273 g/mol. The van der Waals surface area contributed by atoms with Crippen LogP contribution in [0.25, 0.3) is 0 Å². The average Bonchev–Trinajstić information content (AvgIpc) is 3.27. The van der Waals surface area contributed by atoms with E-state index in [1.807, 2.05) is 0 Å². The fraction of sp³-hybridized carbons (Fsp3) is 0.706. The highest BCUT2D eigenvalue weighted by molar-refractivity contribution is 5.49. The summed E-state index contributed by atoms with van der Waals surface area (Å²) in [4.78, 5) is 7.30. The molecule has 2 saturated carbocycles. The van der Waals surface area contributed by atoms with E-state index in [1.54, 1.807) is 0 Å². The minimum absolute atomic E-state index is 0.688. The van der Waals surface area contributed by atoms with Crippen molar-refractivity contribution < 1.29 is 0 Å². The second-order valence-corrected chi connectivity index (χ2v) is 6.92. The van der Waals surface area contributed by atoms with Crippen LogP contribution in [-0.2, 0) is 6.54 Å². The molecule has 1 aromatic rings. The summed E-state index contributed by atoms with van der Waals surface area (Å²) in [6, 6.07) is 3.81. The fourth-order valence-electron chi connectivity index (χ4n) is 2.76. The first-order chi connectivity index (χ1) is 9.63. The van der Waals surface area contributed by atoms with Crippen molar-refractivity contribution in [1.29, 1.82) is 0 Å². The van der Waals surface area contributed by atoms with Gasteiger partial charge in [0.05, 0.1) is 0 Å². The van der Waals surface area contributed by atoms with Crippen LogP contribution in [0.4, 0.5) is 5.82 Å². The molecule has 2 aliphatic carbocycles. The van der Waals surface area contributed by atoms with Crippen LogP contribution in [0.1, 0.15) is 50.7 Å². The van der Waals surface area contributed by atoms with Gasteiger partial charge in [0.25, 0.3) is 0 Å². The quantitative estimate of drug-likeness (QED) is 0.826. The van der Waals surface area contributed by atoms with E-state index in [4.69, 9.17) is 4.98 Å².